The molecular formula is C14H21NO. The number of aryl methyl sites for hydroxylation is 1. The molecule has 0 aliphatic heterocycles. The number of fused-ring (bicyclic) bond motifs is 1. The Kier molecular flexibility index (Phi) is 3.20. The van der Waals surface area contributed by atoms with Crippen LogP contribution in [0, 0.1) is 0 Å². The summed E-state index contributed by atoms with van der Waals surface area (Å²) in [6.45, 7) is 4.26. The monoisotopic (exact) mass is 219 g/mol. The lowest BCUT2D eigenvalue weighted by molar-refractivity contribution is 0.0945. The molecule has 2 nitrogen and oxygen atoms in total. The molecule has 2 N–H and O–H groups in total. The molecule has 0 amide bonds. The Morgan fingerprint density at radius 1 is 1.25 bits per heavy atom. The highest BCUT2D eigenvalue weighted by atomic mass is 16.3. The number of nitrogens with one attached hydrogen (secondary N) is 1. The number of hydrogen-bond donors (Lipinski definition) is 2. The van der Waals surface area contributed by atoms with Crippen molar-refractivity contribution in [1.82, 2.24) is 0 Å². The first-order valence-corrected chi connectivity index (χ1v) is 6.13. The molecule has 0 radical (unpaired) electrons. The Labute approximate surface area is 97.7 Å². The van der Waals surface area contributed by atoms with E-state index in [0.717, 1.165) is 0 Å². The third-order valence-electron chi connectivity index (χ3n) is 3.11. The fourth-order valence-corrected chi connectivity index (χ4v) is 2.26. The van der Waals surface area contributed by atoms with Crippen LogP contribution in [0.5, 0.6) is 0 Å². The van der Waals surface area contributed by atoms with Crippen LogP contribution in [-0.4, -0.2) is 17.3 Å². The van der Waals surface area contributed by atoms with Gasteiger partial charge >= 0.3 is 0 Å². The van der Waals surface area contributed by atoms with Gasteiger partial charge in [-0.1, -0.05) is 12.1 Å². The molecular weight excluding hydrogens is 198 g/mol. The molecule has 0 heterocycles. The minimum absolute atomic E-state index is 0.601. The molecule has 0 unspecified atom stereocenters. The van der Waals surface area contributed by atoms with Crippen molar-refractivity contribution in [2.45, 2.75) is 45.1 Å². The van der Waals surface area contributed by atoms with Gasteiger partial charge in [0, 0.05) is 12.2 Å². The first-order valence-electron chi connectivity index (χ1n) is 6.13. The van der Waals surface area contributed by atoms with Crippen molar-refractivity contribution < 1.29 is 5.11 Å². The Morgan fingerprint density at radius 3 is 2.75 bits per heavy atom. The summed E-state index contributed by atoms with van der Waals surface area (Å²) in [5.41, 5.74) is 3.49. The summed E-state index contributed by atoms with van der Waals surface area (Å²) in [6, 6.07) is 6.45. The molecule has 88 valence electrons. The minimum atomic E-state index is -0.655. The van der Waals surface area contributed by atoms with Crippen LogP contribution in [0.3, 0.4) is 0 Å². The van der Waals surface area contributed by atoms with Gasteiger partial charge in [0.05, 0.1) is 5.60 Å². The molecule has 1 aliphatic carbocycles. The summed E-state index contributed by atoms with van der Waals surface area (Å²) in [5, 5.41) is 13.1. The van der Waals surface area contributed by atoms with Crippen molar-refractivity contribution in [2.24, 2.45) is 0 Å². The topological polar surface area (TPSA) is 32.3 Å². The van der Waals surface area contributed by atoms with Crippen molar-refractivity contribution in [3.63, 3.8) is 0 Å². The first-order chi connectivity index (χ1) is 7.56. The Morgan fingerprint density at radius 2 is 2.00 bits per heavy atom. The van der Waals surface area contributed by atoms with E-state index in [1.807, 2.05) is 13.8 Å². The highest BCUT2D eigenvalue weighted by molar-refractivity contribution is 5.55. The Balaban J connectivity index is 2.15. The Bertz CT molecular complexity index is 365. The van der Waals surface area contributed by atoms with Gasteiger partial charge in [-0.2, -0.15) is 0 Å². The van der Waals surface area contributed by atoms with Crippen molar-refractivity contribution >= 4 is 5.69 Å². The second-order valence-electron chi connectivity index (χ2n) is 5.32. The maximum absolute atomic E-state index is 9.72. The molecule has 2 rings (SSSR count). The molecule has 1 aliphatic rings. The zero-order chi connectivity index (χ0) is 11.6. The molecule has 0 spiro atoms. The van der Waals surface area contributed by atoms with E-state index in [2.05, 4.69) is 23.5 Å². The molecule has 0 aromatic heterocycles. The van der Waals surface area contributed by atoms with E-state index in [9.17, 15) is 5.11 Å². The van der Waals surface area contributed by atoms with Crippen LogP contribution in [0.1, 0.15) is 37.8 Å². The van der Waals surface area contributed by atoms with E-state index >= 15 is 0 Å². The molecule has 2 heteroatoms. The number of anilines is 1. The van der Waals surface area contributed by atoms with Crippen LogP contribution in [0.4, 0.5) is 5.69 Å². The number of hydrogen-bond acceptors (Lipinski definition) is 2. The average Bonchev–Trinajstić information content (AvgIpc) is 2.25. The van der Waals surface area contributed by atoms with Crippen LogP contribution >= 0.6 is 0 Å². The lowest BCUT2D eigenvalue weighted by Gasteiger charge is -2.23. The summed E-state index contributed by atoms with van der Waals surface area (Å²) >= 11 is 0. The van der Waals surface area contributed by atoms with Gasteiger partial charge in [0.15, 0.2) is 0 Å². The SMILES string of the molecule is CC(C)(O)CNc1cccc2c1CCCC2. The molecule has 0 bridgehead atoms. The fourth-order valence-electron chi connectivity index (χ4n) is 2.26. The fraction of sp³-hybridized carbons (Fsp3) is 0.571. The smallest absolute Gasteiger partial charge is 0.0763 e. The molecule has 0 saturated heterocycles. The number of rotatable bonds is 3. The zero-order valence-corrected chi connectivity index (χ0v) is 10.2. The van der Waals surface area contributed by atoms with E-state index in [1.165, 1.54) is 42.5 Å². The number of aliphatic hydroxyl groups is 1. The van der Waals surface area contributed by atoms with Crippen LogP contribution in [0.15, 0.2) is 18.2 Å². The van der Waals surface area contributed by atoms with Gasteiger partial charge in [0.1, 0.15) is 0 Å². The van der Waals surface area contributed by atoms with Gasteiger partial charge in [-0.25, -0.2) is 0 Å². The third kappa shape index (κ3) is 2.76. The summed E-state index contributed by atoms with van der Waals surface area (Å²) in [4.78, 5) is 0. The van der Waals surface area contributed by atoms with Crippen molar-refractivity contribution in [3.8, 4) is 0 Å². The van der Waals surface area contributed by atoms with E-state index in [1.54, 1.807) is 0 Å². The summed E-state index contributed by atoms with van der Waals surface area (Å²) < 4.78 is 0. The van der Waals surface area contributed by atoms with Gasteiger partial charge in [-0.15, -0.1) is 0 Å². The van der Waals surface area contributed by atoms with E-state index in [-0.39, 0.29) is 0 Å². The molecule has 0 atom stereocenters. The molecule has 0 saturated carbocycles. The summed E-state index contributed by atoms with van der Waals surface area (Å²) in [6.07, 6.45) is 4.97. The van der Waals surface area contributed by atoms with E-state index in [0.29, 0.717) is 6.54 Å². The predicted molar refractivity (Wildman–Crippen MR) is 67.9 cm³/mol. The van der Waals surface area contributed by atoms with Crippen LogP contribution in [0.2, 0.25) is 0 Å². The van der Waals surface area contributed by atoms with Crippen LogP contribution < -0.4 is 5.32 Å². The van der Waals surface area contributed by atoms with Gasteiger partial charge in [0.2, 0.25) is 0 Å². The molecule has 1 aromatic rings. The summed E-state index contributed by atoms with van der Waals surface area (Å²) in [7, 11) is 0. The molecule has 1 aromatic carbocycles. The van der Waals surface area contributed by atoms with Gasteiger partial charge in [-0.3, -0.25) is 0 Å². The third-order valence-corrected chi connectivity index (χ3v) is 3.11. The second kappa shape index (κ2) is 4.46. The van der Waals surface area contributed by atoms with Crippen molar-refractivity contribution in [3.05, 3.63) is 29.3 Å². The van der Waals surface area contributed by atoms with Crippen LogP contribution in [-0.2, 0) is 12.8 Å². The maximum Gasteiger partial charge on any atom is 0.0763 e. The van der Waals surface area contributed by atoms with Crippen LogP contribution in [0.25, 0.3) is 0 Å². The quantitative estimate of drug-likeness (QED) is 0.819. The lowest BCUT2D eigenvalue weighted by atomic mass is 9.90. The zero-order valence-electron chi connectivity index (χ0n) is 10.2. The standard InChI is InChI=1S/C14H21NO/c1-14(2,16)10-15-13-9-5-7-11-6-3-4-8-12(11)13/h5,7,9,15-16H,3-4,6,8,10H2,1-2H3. The molecule has 0 fully saturated rings. The van der Waals surface area contributed by atoms with E-state index in [4.69, 9.17) is 0 Å². The maximum atomic E-state index is 9.72. The first kappa shape index (κ1) is 11.5. The van der Waals surface area contributed by atoms with Gasteiger partial charge < -0.3 is 10.4 Å². The normalized spacial score (nSPS) is 15.7. The van der Waals surface area contributed by atoms with Gasteiger partial charge in [0.25, 0.3) is 0 Å². The van der Waals surface area contributed by atoms with Crippen molar-refractivity contribution in [2.75, 3.05) is 11.9 Å². The predicted octanol–water partition coefficient (Wildman–Crippen LogP) is 2.75. The minimum Gasteiger partial charge on any atom is -0.389 e. The van der Waals surface area contributed by atoms with Crippen molar-refractivity contribution in [1.29, 1.82) is 0 Å². The highest BCUT2D eigenvalue weighted by Crippen LogP contribution is 2.28. The highest BCUT2D eigenvalue weighted by Gasteiger charge is 2.15. The van der Waals surface area contributed by atoms with Gasteiger partial charge in [-0.05, 0) is 56.7 Å². The Hall–Kier alpha value is -1.02. The van der Waals surface area contributed by atoms with E-state index < -0.39 is 5.60 Å². The number of benzene rings is 1. The second-order valence-corrected chi connectivity index (χ2v) is 5.32. The largest absolute Gasteiger partial charge is 0.389 e. The lowest BCUT2D eigenvalue weighted by Crippen LogP contribution is -2.29. The molecule has 16 heavy (non-hydrogen) atoms. The average molecular weight is 219 g/mol. The summed E-state index contributed by atoms with van der Waals surface area (Å²) in [5.74, 6) is 0.